The molecular weight excluding hydrogens is 502 g/mol. The Hall–Kier alpha value is -4.46. The summed E-state index contributed by atoms with van der Waals surface area (Å²) >= 11 is 6.15. The lowest BCUT2D eigenvalue weighted by Crippen LogP contribution is -2.35. The average Bonchev–Trinajstić information content (AvgIpc) is 3.15. The lowest BCUT2D eigenvalue weighted by molar-refractivity contribution is 0.0691. The van der Waals surface area contributed by atoms with Gasteiger partial charge in [-0.05, 0) is 59.2 Å². The number of carboxylic acids is 1. The molecule has 8 heteroatoms. The van der Waals surface area contributed by atoms with Crippen molar-refractivity contribution in [1.82, 2.24) is 5.32 Å². The van der Waals surface area contributed by atoms with Gasteiger partial charge in [-0.25, -0.2) is 4.79 Å². The molecule has 0 saturated heterocycles. The summed E-state index contributed by atoms with van der Waals surface area (Å²) in [6.45, 7) is 1.44. The molecule has 1 heterocycles. The number of halogens is 1. The van der Waals surface area contributed by atoms with Gasteiger partial charge in [0, 0.05) is 41.6 Å². The summed E-state index contributed by atoms with van der Waals surface area (Å²) < 4.78 is 0. The standard InChI is InChI=1S/C30H24ClN3O4/c31-21-10-13-27-20(16-21)18-32-14-15-34(27)29(36)25-12-11-22(17-26(25)30(37)38)33-28(35)24-9-5-4-8-23(24)19-6-2-1-3-7-19/h1-13,16-17,32H,14-15,18H2,(H,33,35)(H,37,38). The fourth-order valence-electron chi connectivity index (χ4n) is 4.58. The molecular formula is C30H24ClN3O4. The Kier molecular flexibility index (Phi) is 7.22. The van der Waals surface area contributed by atoms with Gasteiger partial charge in [0.25, 0.3) is 11.8 Å². The molecule has 0 spiro atoms. The van der Waals surface area contributed by atoms with Crippen molar-refractivity contribution >= 4 is 40.8 Å². The fourth-order valence-corrected chi connectivity index (χ4v) is 4.78. The highest BCUT2D eigenvalue weighted by Crippen LogP contribution is 2.29. The normalized spacial score (nSPS) is 12.8. The van der Waals surface area contributed by atoms with Crippen molar-refractivity contribution in [2.24, 2.45) is 0 Å². The van der Waals surface area contributed by atoms with Crippen LogP contribution < -0.4 is 15.5 Å². The third-order valence-electron chi connectivity index (χ3n) is 6.40. The molecule has 7 nitrogen and oxygen atoms in total. The molecule has 0 atom stereocenters. The van der Waals surface area contributed by atoms with Gasteiger partial charge in [-0.3, -0.25) is 9.59 Å². The largest absolute Gasteiger partial charge is 0.478 e. The van der Waals surface area contributed by atoms with Crippen molar-refractivity contribution in [3.63, 3.8) is 0 Å². The second kappa shape index (κ2) is 10.9. The molecule has 190 valence electrons. The first-order valence-corrected chi connectivity index (χ1v) is 12.4. The van der Waals surface area contributed by atoms with E-state index in [1.807, 2.05) is 42.5 Å². The number of carbonyl (C=O) groups excluding carboxylic acids is 2. The lowest BCUT2D eigenvalue weighted by atomic mass is 9.99. The van der Waals surface area contributed by atoms with Crippen LogP contribution in [-0.4, -0.2) is 36.0 Å². The van der Waals surface area contributed by atoms with Crippen LogP contribution in [0, 0.1) is 0 Å². The minimum atomic E-state index is -1.27. The van der Waals surface area contributed by atoms with Crippen LogP contribution >= 0.6 is 11.6 Å². The molecule has 0 aliphatic carbocycles. The van der Waals surface area contributed by atoms with E-state index in [9.17, 15) is 19.5 Å². The van der Waals surface area contributed by atoms with Gasteiger partial charge < -0.3 is 20.6 Å². The van der Waals surface area contributed by atoms with Gasteiger partial charge in [-0.1, -0.05) is 60.1 Å². The maximum absolute atomic E-state index is 13.6. The van der Waals surface area contributed by atoms with Gasteiger partial charge in [0.05, 0.1) is 11.1 Å². The van der Waals surface area contributed by atoms with Crippen molar-refractivity contribution < 1.29 is 19.5 Å². The predicted octanol–water partition coefficient (Wildman–Crippen LogP) is 5.71. The highest BCUT2D eigenvalue weighted by Gasteiger charge is 2.26. The molecule has 3 N–H and O–H groups in total. The number of hydrogen-bond donors (Lipinski definition) is 3. The summed E-state index contributed by atoms with van der Waals surface area (Å²) in [5, 5.41) is 16.6. The van der Waals surface area contributed by atoms with Gasteiger partial charge in [0.15, 0.2) is 0 Å². The van der Waals surface area contributed by atoms with E-state index in [1.54, 1.807) is 41.3 Å². The Labute approximate surface area is 224 Å². The maximum Gasteiger partial charge on any atom is 0.336 e. The van der Waals surface area contributed by atoms with Crippen LogP contribution in [0.5, 0.6) is 0 Å². The number of amides is 2. The van der Waals surface area contributed by atoms with Gasteiger partial charge in [0.1, 0.15) is 0 Å². The third kappa shape index (κ3) is 5.16. The zero-order valence-electron chi connectivity index (χ0n) is 20.3. The molecule has 4 aromatic rings. The summed E-state index contributed by atoms with van der Waals surface area (Å²) in [6, 6.07) is 26.3. The molecule has 0 unspecified atom stereocenters. The smallest absolute Gasteiger partial charge is 0.336 e. The van der Waals surface area contributed by atoms with E-state index < -0.39 is 11.9 Å². The van der Waals surface area contributed by atoms with Crippen molar-refractivity contribution in [2.45, 2.75) is 6.54 Å². The van der Waals surface area contributed by atoms with E-state index in [2.05, 4.69) is 10.6 Å². The summed E-state index contributed by atoms with van der Waals surface area (Å²) in [5.41, 5.74) is 3.72. The van der Waals surface area contributed by atoms with E-state index in [0.29, 0.717) is 35.9 Å². The SMILES string of the molecule is O=C(O)c1cc(NC(=O)c2ccccc2-c2ccccc2)ccc1C(=O)N1CCNCc2cc(Cl)ccc21. The molecule has 2 amide bonds. The summed E-state index contributed by atoms with van der Waals surface area (Å²) in [7, 11) is 0. The predicted molar refractivity (Wildman–Crippen MR) is 148 cm³/mol. The lowest BCUT2D eigenvalue weighted by Gasteiger charge is -2.23. The van der Waals surface area contributed by atoms with Crippen molar-refractivity contribution in [1.29, 1.82) is 0 Å². The van der Waals surface area contributed by atoms with Crippen LogP contribution in [-0.2, 0) is 6.54 Å². The number of rotatable bonds is 5. The fraction of sp³-hybridized carbons (Fsp3) is 0.100. The zero-order valence-corrected chi connectivity index (χ0v) is 21.0. The van der Waals surface area contributed by atoms with Crippen LogP contribution in [0.25, 0.3) is 11.1 Å². The Morgan fingerprint density at radius 2 is 1.61 bits per heavy atom. The van der Waals surface area contributed by atoms with E-state index in [0.717, 1.165) is 16.7 Å². The van der Waals surface area contributed by atoms with E-state index in [-0.39, 0.29) is 22.7 Å². The van der Waals surface area contributed by atoms with E-state index in [1.165, 1.54) is 12.1 Å². The first-order chi connectivity index (χ1) is 18.4. The molecule has 5 rings (SSSR count). The van der Waals surface area contributed by atoms with Crippen LogP contribution in [0.2, 0.25) is 5.02 Å². The Balaban J connectivity index is 1.45. The Bertz CT molecular complexity index is 1540. The minimum absolute atomic E-state index is 0.0305. The highest BCUT2D eigenvalue weighted by atomic mass is 35.5. The number of aromatic carboxylic acids is 1. The molecule has 1 aliphatic rings. The zero-order chi connectivity index (χ0) is 26.6. The molecule has 0 bridgehead atoms. The second-order valence-electron chi connectivity index (χ2n) is 8.84. The monoisotopic (exact) mass is 525 g/mol. The second-order valence-corrected chi connectivity index (χ2v) is 9.27. The number of benzene rings is 4. The number of carboxylic acid groups (broad SMARTS) is 1. The van der Waals surface area contributed by atoms with E-state index >= 15 is 0 Å². The molecule has 1 aliphatic heterocycles. The van der Waals surface area contributed by atoms with Gasteiger partial charge >= 0.3 is 5.97 Å². The quantitative estimate of drug-likeness (QED) is 0.310. The number of anilines is 2. The Morgan fingerprint density at radius 3 is 2.39 bits per heavy atom. The highest BCUT2D eigenvalue weighted by molar-refractivity contribution is 6.30. The summed E-state index contributed by atoms with van der Waals surface area (Å²) in [4.78, 5) is 40.6. The van der Waals surface area contributed by atoms with Gasteiger partial charge in [0.2, 0.25) is 0 Å². The number of fused-ring (bicyclic) bond motifs is 1. The number of nitrogens with one attached hydrogen (secondary N) is 2. The van der Waals surface area contributed by atoms with Crippen LogP contribution in [0.1, 0.15) is 36.6 Å². The van der Waals surface area contributed by atoms with Gasteiger partial charge in [-0.15, -0.1) is 0 Å². The van der Waals surface area contributed by atoms with E-state index in [4.69, 9.17) is 11.6 Å². The summed E-state index contributed by atoms with van der Waals surface area (Å²) in [5.74, 6) is -2.09. The van der Waals surface area contributed by atoms with Crippen LogP contribution in [0.4, 0.5) is 11.4 Å². The molecule has 0 aromatic heterocycles. The first kappa shape index (κ1) is 25.2. The molecule has 0 fully saturated rings. The number of hydrogen-bond acceptors (Lipinski definition) is 4. The van der Waals surface area contributed by atoms with Crippen LogP contribution in [0.15, 0.2) is 91.0 Å². The summed E-state index contributed by atoms with van der Waals surface area (Å²) in [6.07, 6.45) is 0. The average molecular weight is 526 g/mol. The van der Waals surface area contributed by atoms with Crippen molar-refractivity contribution in [3.05, 3.63) is 118 Å². The number of nitrogens with zero attached hydrogens (tertiary/aromatic N) is 1. The van der Waals surface area contributed by atoms with Crippen LogP contribution in [0.3, 0.4) is 0 Å². The van der Waals surface area contributed by atoms with Crippen molar-refractivity contribution in [3.8, 4) is 11.1 Å². The van der Waals surface area contributed by atoms with Gasteiger partial charge in [-0.2, -0.15) is 0 Å². The minimum Gasteiger partial charge on any atom is -0.478 e. The molecule has 0 radical (unpaired) electrons. The molecule has 38 heavy (non-hydrogen) atoms. The molecule has 0 saturated carbocycles. The maximum atomic E-state index is 13.6. The third-order valence-corrected chi connectivity index (χ3v) is 6.63. The first-order valence-electron chi connectivity index (χ1n) is 12.1. The molecule has 4 aromatic carbocycles. The number of carbonyl (C=O) groups is 3. The topological polar surface area (TPSA) is 98.7 Å². The van der Waals surface area contributed by atoms with Crippen molar-refractivity contribution in [2.75, 3.05) is 23.3 Å². The Morgan fingerprint density at radius 1 is 0.842 bits per heavy atom.